The van der Waals surface area contributed by atoms with Crippen molar-refractivity contribution >= 4 is 17.5 Å². The molecule has 0 heterocycles. The molecule has 20 heavy (non-hydrogen) atoms. The van der Waals surface area contributed by atoms with E-state index < -0.39 is 0 Å². The second-order valence-electron chi connectivity index (χ2n) is 4.27. The van der Waals surface area contributed by atoms with Crippen molar-refractivity contribution in [1.82, 2.24) is 5.32 Å². The second-order valence-corrected chi connectivity index (χ2v) is 4.70. The summed E-state index contributed by atoms with van der Waals surface area (Å²) in [5, 5.41) is 3.48. The Labute approximate surface area is 123 Å². The Bertz CT molecular complexity index is 564. The Morgan fingerprint density at radius 3 is 2.35 bits per heavy atom. The van der Waals surface area contributed by atoms with Crippen molar-refractivity contribution in [3.05, 3.63) is 64.7 Å². The van der Waals surface area contributed by atoms with Gasteiger partial charge in [-0.2, -0.15) is 0 Å². The molecular formula is C16H16ClNO2. The van der Waals surface area contributed by atoms with Crippen LogP contribution in [0.3, 0.4) is 0 Å². The number of amides is 1. The van der Waals surface area contributed by atoms with E-state index in [4.69, 9.17) is 16.3 Å². The molecule has 0 aliphatic carbocycles. The van der Waals surface area contributed by atoms with Gasteiger partial charge >= 0.3 is 0 Å². The zero-order chi connectivity index (χ0) is 14.4. The van der Waals surface area contributed by atoms with Gasteiger partial charge in [-0.3, -0.25) is 4.79 Å². The zero-order valence-electron chi connectivity index (χ0n) is 11.2. The molecule has 0 fully saturated rings. The van der Waals surface area contributed by atoms with Crippen LogP contribution in [0.15, 0.2) is 48.5 Å². The molecule has 0 aliphatic rings. The van der Waals surface area contributed by atoms with E-state index in [1.165, 1.54) is 0 Å². The fourth-order valence-electron chi connectivity index (χ4n) is 1.76. The van der Waals surface area contributed by atoms with Gasteiger partial charge in [-0.25, -0.2) is 0 Å². The average Bonchev–Trinajstić information content (AvgIpc) is 2.47. The molecule has 0 saturated heterocycles. The number of carbonyl (C=O) groups is 1. The lowest BCUT2D eigenvalue weighted by atomic mass is 10.2. The molecule has 0 spiro atoms. The molecular weight excluding hydrogens is 274 g/mol. The van der Waals surface area contributed by atoms with Crippen LogP contribution in [-0.2, 0) is 6.54 Å². The summed E-state index contributed by atoms with van der Waals surface area (Å²) in [6.45, 7) is 3.07. The van der Waals surface area contributed by atoms with Crippen LogP contribution in [0.2, 0.25) is 5.02 Å². The van der Waals surface area contributed by atoms with E-state index in [9.17, 15) is 4.79 Å². The van der Waals surface area contributed by atoms with Gasteiger partial charge in [0, 0.05) is 17.1 Å². The molecule has 1 amide bonds. The standard InChI is InChI=1S/C16H16ClNO2/c1-2-20-15-9-3-12(4-10-15)11-18-16(19)13-5-7-14(17)8-6-13/h3-10H,2,11H2,1H3,(H,18,19). The summed E-state index contributed by atoms with van der Waals surface area (Å²) in [6, 6.07) is 14.5. The molecule has 4 heteroatoms. The first-order chi connectivity index (χ1) is 9.69. The van der Waals surface area contributed by atoms with Crippen molar-refractivity contribution < 1.29 is 9.53 Å². The van der Waals surface area contributed by atoms with E-state index in [1.807, 2.05) is 31.2 Å². The highest BCUT2D eigenvalue weighted by Crippen LogP contribution is 2.12. The maximum Gasteiger partial charge on any atom is 0.251 e. The molecule has 0 radical (unpaired) electrons. The third kappa shape index (κ3) is 4.00. The first-order valence-electron chi connectivity index (χ1n) is 6.44. The van der Waals surface area contributed by atoms with E-state index in [1.54, 1.807) is 24.3 Å². The molecule has 0 aromatic heterocycles. The Hall–Kier alpha value is -2.00. The molecule has 0 aliphatic heterocycles. The number of ether oxygens (including phenoxy) is 1. The Morgan fingerprint density at radius 2 is 1.75 bits per heavy atom. The Morgan fingerprint density at radius 1 is 1.10 bits per heavy atom. The number of nitrogens with one attached hydrogen (secondary N) is 1. The van der Waals surface area contributed by atoms with E-state index in [-0.39, 0.29) is 5.91 Å². The third-order valence-electron chi connectivity index (χ3n) is 2.79. The molecule has 104 valence electrons. The van der Waals surface area contributed by atoms with Gasteiger partial charge in [0.15, 0.2) is 0 Å². The molecule has 3 nitrogen and oxygen atoms in total. The molecule has 2 aromatic carbocycles. The SMILES string of the molecule is CCOc1ccc(CNC(=O)c2ccc(Cl)cc2)cc1. The van der Waals surface area contributed by atoms with Crippen molar-refractivity contribution in [2.75, 3.05) is 6.61 Å². The maximum atomic E-state index is 11.9. The monoisotopic (exact) mass is 289 g/mol. The van der Waals surface area contributed by atoms with Crippen molar-refractivity contribution in [2.45, 2.75) is 13.5 Å². The number of rotatable bonds is 5. The largest absolute Gasteiger partial charge is 0.494 e. The van der Waals surface area contributed by atoms with E-state index in [2.05, 4.69) is 5.32 Å². The smallest absolute Gasteiger partial charge is 0.251 e. The molecule has 0 bridgehead atoms. The van der Waals surface area contributed by atoms with Crippen LogP contribution in [0.25, 0.3) is 0 Å². The van der Waals surface area contributed by atoms with Crippen LogP contribution < -0.4 is 10.1 Å². The van der Waals surface area contributed by atoms with Crippen LogP contribution in [0, 0.1) is 0 Å². The molecule has 0 atom stereocenters. The zero-order valence-corrected chi connectivity index (χ0v) is 12.0. The van der Waals surface area contributed by atoms with Crippen molar-refractivity contribution in [3.8, 4) is 5.75 Å². The Balaban J connectivity index is 1.91. The van der Waals surface area contributed by atoms with Crippen LogP contribution in [0.4, 0.5) is 0 Å². The van der Waals surface area contributed by atoms with E-state index in [0.29, 0.717) is 23.7 Å². The fourth-order valence-corrected chi connectivity index (χ4v) is 1.88. The molecule has 2 aromatic rings. The quantitative estimate of drug-likeness (QED) is 0.912. The molecule has 0 saturated carbocycles. The number of hydrogen-bond acceptors (Lipinski definition) is 2. The summed E-state index contributed by atoms with van der Waals surface area (Å²) in [6.07, 6.45) is 0. The van der Waals surface area contributed by atoms with Crippen LogP contribution in [0.5, 0.6) is 5.75 Å². The normalized spacial score (nSPS) is 10.1. The summed E-state index contributed by atoms with van der Waals surface area (Å²) in [5.41, 5.74) is 1.62. The predicted molar refractivity (Wildman–Crippen MR) is 80.2 cm³/mol. The van der Waals surface area contributed by atoms with Crippen molar-refractivity contribution in [3.63, 3.8) is 0 Å². The second kappa shape index (κ2) is 6.96. The number of benzene rings is 2. The summed E-state index contributed by atoms with van der Waals surface area (Å²) >= 11 is 5.79. The lowest BCUT2D eigenvalue weighted by Crippen LogP contribution is -2.22. The van der Waals surface area contributed by atoms with Gasteiger partial charge in [-0.1, -0.05) is 23.7 Å². The van der Waals surface area contributed by atoms with Gasteiger partial charge in [0.1, 0.15) is 5.75 Å². The summed E-state index contributed by atoms with van der Waals surface area (Å²) in [7, 11) is 0. The minimum absolute atomic E-state index is 0.115. The van der Waals surface area contributed by atoms with Gasteiger partial charge in [0.05, 0.1) is 6.61 Å². The highest BCUT2D eigenvalue weighted by Gasteiger charge is 2.04. The lowest BCUT2D eigenvalue weighted by Gasteiger charge is -2.07. The highest BCUT2D eigenvalue weighted by atomic mass is 35.5. The summed E-state index contributed by atoms with van der Waals surface area (Å²) < 4.78 is 5.37. The summed E-state index contributed by atoms with van der Waals surface area (Å²) in [5.74, 6) is 0.718. The number of halogens is 1. The topological polar surface area (TPSA) is 38.3 Å². The average molecular weight is 290 g/mol. The van der Waals surface area contributed by atoms with Gasteiger partial charge in [-0.05, 0) is 48.9 Å². The van der Waals surface area contributed by atoms with Crippen LogP contribution in [-0.4, -0.2) is 12.5 Å². The minimum atomic E-state index is -0.115. The van der Waals surface area contributed by atoms with Crippen LogP contribution in [0.1, 0.15) is 22.8 Å². The van der Waals surface area contributed by atoms with Gasteiger partial charge in [-0.15, -0.1) is 0 Å². The fraction of sp³-hybridized carbons (Fsp3) is 0.188. The number of hydrogen-bond donors (Lipinski definition) is 1. The van der Waals surface area contributed by atoms with Gasteiger partial charge in [0.25, 0.3) is 5.91 Å². The summed E-state index contributed by atoms with van der Waals surface area (Å²) in [4.78, 5) is 11.9. The van der Waals surface area contributed by atoms with Gasteiger partial charge in [0.2, 0.25) is 0 Å². The molecule has 0 unspecified atom stereocenters. The Kier molecular flexibility index (Phi) is 5.02. The predicted octanol–water partition coefficient (Wildman–Crippen LogP) is 3.67. The van der Waals surface area contributed by atoms with Crippen molar-refractivity contribution in [2.24, 2.45) is 0 Å². The lowest BCUT2D eigenvalue weighted by molar-refractivity contribution is 0.0951. The maximum absolute atomic E-state index is 11.9. The van der Waals surface area contributed by atoms with Gasteiger partial charge < -0.3 is 10.1 Å². The van der Waals surface area contributed by atoms with Crippen molar-refractivity contribution in [1.29, 1.82) is 0 Å². The molecule has 1 N–H and O–H groups in total. The highest BCUT2D eigenvalue weighted by molar-refractivity contribution is 6.30. The van der Waals surface area contributed by atoms with E-state index in [0.717, 1.165) is 11.3 Å². The van der Waals surface area contributed by atoms with Crippen LogP contribution >= 0.6 is 11.6 Å². The van der Waals surface area contributed by atoms with E-state index >= 15 is 0 Å². The first kappa shape index (κ1) is 14.4. The molecule has 2 rings (SSSR count). The first-order valence-corrected chi connectivity index (χ1v) is 6.82. The minimum Gasteiger partial charge on any atom is -0.494 e. The third-order valence-corrected chi connectivity index (χ3v) is 3.05. The number of carbonyl (C=O) groups excluding carboxylic acids is 1.